The number of nitrogens with two attached hydrogens (primary N) is 1. The number of fused-ring (bicyclic) bond motifs is 1. The summed E-state index contributed by atoms with van der Waals surface area (Å²) in [6.45, 7) is 3.22. The molecule has 1 aromatic heterocycles. The average molecular weight is 386 g/mol. The van der Waals surface area contributed by atoms with Crippen LogP contribution in [0.3, 0.4) is 0 Å². The van der Waals surface area contributed by atoms with E-state index in [4.69, 9.17) is 15.2 Å². The van der Waals surface area contributed by atoms with Crippen LogP contribution in [0.4, 0.5) is 0 Å². The van der Waals surface area contributed by atoms with E-state index in [0.717, 1.165) is 22.5 Å². The number of carbonyl (C=O) groups is 1. The van der Waals surface area contributed by atoms with Crippen LogP contribution in [0, 0.1) is 18.3 Å². The number of allylic oxidation sites excluding steroid dienone is 1. The standard InChI is InChI=1S/C22H18N4O3/c1-13-19-20(15-8-10-17(11-9-15)28-14(2)27)18(12-23)21(24)29-22(19)26(25-13)16-6-4-3-5-7-16/h3-11,20H,24H2,1-2H3/t20-/m1/s1. The van der Waals surface area contributed by atoms with E-state index in [1.807, 2.05) is 49.4 Å². The topological polar surface area (TPSA) is 103 Å². The molecule has 2 aromatic carbocycles. The van der Waals surface area contributed by atoms with E-state index < -0.39 is 11.9 Å². The van der Waals surface area contributed by atoms with Gasteiger partial charge in [0, 0.05) is 6.92 Å². The number of nitrogens with zero attached hydrogens (tertiary/aromatic N) is 3. The molecule has 0 spiro atoms. The minimum Gasteiger partial charge on any atom is -0.427 e. The molecule has 4 rings (SSSR count). The highest BCUT2D eigenvalue weighted by Crippen LogP contribution is 2.44. The fraction of sp³-hybridized carbons (Fsp3) is 0.136. The van der Waals surface area contributed by atoms with Gasteiger partial charge in [-0.2, -0.15) is 10.4 Å². The summed E-state index contributed by atoms with van der Waals surface area (Å²) in [6, 6.07) is 18.7. The Morgan fingerprint density at radius 2 is 1.90 bits per heavy atom. The zero-order valence-corrected chi connectivity index (χ0v) is 15.9. The lowest BCUT2D eigenvalue weighted by atomic mass is 9.84. The molecule has 0 aliphatic carbocycles. The van der Waals surface area contributed by atoms with Crippen molar-refractivity contribution in [3.63, 3.8) is 0 Å². The lowest BCUT2D eigenvalue weighted by molar-refractivity contribution is -0.131. The van der Waals surface area contributed by atoms with E-state index in [0.29, 0.717) is 17.2 Å². The summed E-state index contributed by atoms with van der Waals surface area (Å²) in [5, 5.41) is 14.4. The molecule has 0 saturated carbocycles. The Hall–Kier alpha value is -4.05. The molecule has 0 unspecified atom stereocenters. The van der Waals surface area contributed by atoms with E-state index in [1.54, 1.807) is 16.8 Å². The van der Waals surface area contributed by atoms with Gasteiger partial charge in [-0.1, -0.05) is 30.3 Å². The van der Waals surface area contributed by atoms with Crippen LogP contribution in [0.25, 0.3) is 5.69 Å². The Bertz CT molecular complexity index is 1160. The number of para-hydroxylation sites is 1. The normalized spacial score (nSPS) is 15.3. The molecule has 7 nitrogen and oxygen atoms in total. The average Bonchev–Trinajstić information content (AvgIpc) is 3.04. The van der Waals surface area contributed by atoms with Crippen molar-refractivity contribution >= 4 is 5.97 Å². The third-order valence-electron chi connectivity index (χ3n) is 4.71. The van der Waals surface area contributed by atoms with Gasteiger partial charge in [0.25, 0.3) is 0 Å². The van der Waals surface area contributed by atoms with E-state index in [2.05, 4.69) is 11.2 Å². The summed E-state index contributed by atoms with van der Waals surface area (Å²) in [4.78, 5) is 11.2. The maximum absolute atomic E-state index is 11.2. The highest BCUT2D eigenvalue weighted by Gasteiger charge is 2.36. The number of aryl methyl sites for hydroxylation is 1. The van der Waals surface area contributed by atoms with Gasteiger partial charge in [0.2, 0.25) is 11.8 Å². The first-order valence-corrected chi connectivity index (χ1v) is 9.00. The molecule has 0 saturated heterocycles. The number of hydrogen-bond donors (Lipinski definition) is 1. The molecular formula is C22H18N4O3. The summed E-state index contributed by atoms with van der Waals surface area (Å²) in [5.74, 6) is 0.131. The third-order valence-corrected chi connectivity index (χ3v) is 4.71. The van der Waals surface area contributed by atoms with Gasteiger partial charge in [-0.05, 0) is 36.8 Å². The van der Waals surface area contributed by atoms with Crippen molar-refractivity contribution in [3.05, 3.63) is 82.9 Å². The predicted molar refractivity (Wildman–Crippen MR) is 105 cm³/mol. The van der Waals surface area contributed by atoms with Crippen molar-refractivity contribution in [1.29, 1.82) is 5.26 Å². The summed E-state index contributed by atoms with van der Waals surface area (Å²) in [5.41, 5.74) is 9.58. The molecule has 0 fully saturated rings. The zero-order chi connectivity index (χ0) is 20.5. The van der Waals surface area contributed by atoms with Crippen LogP contribution in [0.2, 0.25) is 0 Å². The van der Waals surface area contributed by atoms with E-state index in [1.165, 1.54) is 6.92 Å². The van der Waals surface area contributed by atoms with Gasteiger partial charge in [0.05, 0.1) is 22.9 Å². The van der Waals surface area contributed by atoms with Gasteiger partial charge in [-0.3, -0.25) is 4.79 Å². The SMILES string of the molecule is CC(=O)Oc1ccc([C@@H]2C(C#N)=C(N)Oc3c2c(C)nn3-c2ccccc2)cc1. The number of aromatic nitrogens is 2. The number of hydrogen-bond acceptors (Lipinski definition) is 6. The number of rotatable bonds is 3. The molecule has 2 heterocycles. The van der Waals surface area contributed by atoms with Crippen LogP contribution in [0.5, 0.6) is 11.6 Å². The van der Waals surface area contributed by atoms with E-state index in [9.17, 15) is 10.1 Å². The van der Waals surface area contributed by atoms with E-state index >= 15 is 0 Å². The second kappa shape index (κ2) is 7.17. The molecule has 2 N–H and O–H groups in total. The zero-order valence-electron chi connectivity index (χ0n) is 15.9. The Morgan fingerprint density at radius 1 is 1.21 bits per heavy atom. The van der Waals surface area contributed by atoms with Gasteiger partial charge in [-0.25, -0.2) is 4.68 Å². The summed E-state index contributed by atoms with van der Waals surface area (Å²) >= 11 is 0. The van der Waals surface area contributed by atoms with Crippen molar-refractivity contribution in [1.82, 2.24) is 9.78 Å². The summed E-state index contributed by atoms with van der Waals surface area (Å²) < 4.78 is 12.6. The molecule has 1 aliphatic rings. The Balaban J connectivity index is 1.86. The molecular weight excluding hydrogens is 368 g/mol. The fourth-order valence-electron chi connectivity index (χ4n) is 3.49. The largest absolute Gasteiger partial charge is 0.427 e. The summed E-state index contributed by atoms with van der Waals surface area (Å²) in [6.07, 6.45) is 0. The van der Waals surface area contributed by atoms with Gasteiger partial charge in [-0.15, -0.1) is 0 Å². The number of benzene rings is 2. The minimum atomic E-state index is -0.437. The van der Waals surface area contributed by atoms with Gasteiger partial charge < -0.3 is 15.2 Å². The third kappa shape index (κ3) is 3.21. The molecule has 1 aliphatic heterocycles. The Kier molecular flexibility index (Phi) is 4.53. The van der Waals surface area contributed by atoms with Gasteiger partial charge in [0.1, 0.15) is 17.4 Å². The second-order valence-electron chi connectivity index (χ2n) is 6.64. The lowest BCUT2D eigenvalue weighted by Crippen LogP contribution is -2.22. The second-order valence-corrected chi connectivity index (χ2v) is 6.64. The molecule has 144 valence electrons. The van der Waals surface area contributed by atoms with Crippen molar-refractivity contribution < 1.29 is 14.3 Å². The fourth-order valence-corrected chi connectivity index (χ4v) is 3.49. The van der Waals surface area contributed by atoms with Crippen LogP contribution < -0.4 is 15.2 Å². The maximum atomic E-state index is 11.2. The Morgan fingerprint density at radius 3 is 2.52 bits per heavy atom. The number of esters is 1. The van der Waals surface area contributed by atoms with Crippen molar-refractivity contribution in [2.24, 2.45) is 5.73 Å². The van der Waals surface area contributed by atoms with Crippen molar-refractivity contribution in [3.8, 4) is 23.4 Å². The molecule has 0 amide bonds. The molecule has 0 bridgehead atoms. The number of nitriles is 1. The van der Waals surface area contributed by atoms with Crippen LogP contribution in [0.1, 0.15) is 29.7 Å². The molecule has 29 heavy (non-hydrogen) atoms. The highest BCUT2D eigenvalue weighted by atomic mass is 16.5. The first-order chi connectivity index (χ1) is 14.0. The molecule has 1 atom stereocenters. The first-order valence-electron chi connectivity index (χ1n) is 9.00. The van der Waals surface area contributed by atoms with Gasteiger partial charge in [0.15, 0.2) is 0 Å². The van der Waals surface area contributed by atoms with Crippen molar-refractivity contribution in [2.75, 3.05) is 0 Å². The molecule has 3 aromatic rings. The lowest BCUT2D eigenvalue weighted by Gasteiger charge is -2.25. The molecule has 0 radical (unpaired) electrons. The van der Waals surface area contributed by atoms with Crippen molar-refractivity contribution in [2.45, 2.75) is 19.8 Å². The summed E-state index contributed by atoms with van der Waals surface area (Å²) in [7, 11) is 0. The predicted octanol–water partition coefficient (Wildman–Crippen LogP) is 3.32. The number of carbonyl (C=O) groups excluding carboxylic acids is 1. The van der Waals surface area contributed by atoms with Crippen LogP contribution in [-0.4, -0.2) is 15.7 Å². The number of ether oxygens (including phenoxy) is 2. The van der Waals surface area contributed by atoms with Crippen LogP contribution in [0.15, 0.2) is 66.1 Å². The highest BCUT2D eigenvalue weighted by molar-refractivity contribution is 5.69. The quantitative estimate of drug-likeness (QED) is 0.547. The van der Waals surface area contributed by atoms with Gasteiger partial charge >= 0.3 is 5.97 Å². The van der Waals surface area contributed by atoms with E-state index in [-0.39, 0.29) is 5.88 Å². The van der Waals surface area contributed by atoms with Crippen LogP contribution >= 0.6 is 0 Å². The monoisotopic (exact) mass is 386 g/mol. The first kappa shape index (κ1) is 18.3. The Labute approximate surface area is 167 Å². The van der Waals surface area contributed by atoms with Crippen LogP contribution in [-0.2, 0) is 4.79 Å². The maximum Gasteiger partial charge on any atom is 0.308 e. The minimum absolute atomic E-state index is 0.0474. The molecule has 7 heteroatoms. The smallest absolute Gasteiger partial charge is 0.308 e.